The summed E-state index contributed by atoms with van der Waals surface area (Å²) in [6.07, 6.45) is 7.04. The van der Waals surface area contributed by atoms with Crippen LogP contribution in [0, 0.1) is 11.3 Å². The van der Waals surface area contributed by atoms with Crippen LogP contribution in [0.2, 0.25) is 0 Å². The third-order valence-corrected chi connectivity index (χ3v) is 4.73. The molecular weight excluding hydrogens is 340 g/mol. The zero-order valence-electron chi connectivity index (χ0n) is 14.5. The van der Waals surface area contributed by atoms with Crippen LogP contribution in [0.15, 0.2) is 48.7 Å². The van der Waals surface area contributed by atoms with E-state index in [1.165, 1.54) is 11.1 Å². The summed E-state index contributed by atoms with van der Waals surface area (Å²) < 4.78 is 17.0. The Morgan fingerprint density at radius 2 is 2.11 bits per heavy atom. The van der Waals surface area contributed by atoms with Crippen molar-refractivity contribution in [2.75, 3.05) is 13.2 Å². The van der Waals surface area contributed by atoms with Crippen molar-refractivity contribution in [2.45, 2.75) is 12.5 Å². The van der Waals surface area contributed by atoms with Gasteiger partial charge in [0.1, 0.15) is 36.0 Å². The molecule has 1 aromatic heterocycles. The van der Waals surface area contributed by atoms with Gasteiger partial charge in [0.15, 0.2) is 0 Å². The van der Waals surface area contributed by atoms with Crippen molar-refractivity contribution < 1.29 is 14.2 Å². The number of rotatable bonds is 5. The van der Waals surface area contributed by atoms with Crippen LogP contribution in [0.25, 0.3) is 17.0 Å². The lowest BCUT2D eigenvalue weighted by Gasteiger charge is -2.12. The minimum atomic E-state index is 0.128. The topological polar surface area (TPSA) is 67.7 Å². The van der Waals surface area contributed by atoms with Crippen molar-refractivity contribution >= 4 is 17.0 Å². The monoisotopic (exact) mass is 356 g/mol. The van der Waals surface area contributed by atoms with Crippen LogP contribution in [0.4, 0.5) is 0 Å². The number of pyridine rings is 1. The maximum atomic E-state index is 9.52. The summed E-state index contributed by atoms with van der Waals surface area (Å²) in [7, 11) is 0. The summed E-state index contributed by atoms with van der Waals surface area (Å²) in [5.74, 6) is 1.95. The van der Waals surface area contributed by atoms with Crippen molar-refractivity contribution in [3.05, 3.63) is 65.4 Å². The molecule has 0 amide bonds. The molecule has 1 aliphatic carbocycles. The molecule has 1 fully saturated rings. The second-order valence-electron chi connectivity index (χ2n) is 6.62. The molecule has 2 aliphatic rings. The fourth-order valence-corrected chi connectivity index (χ4v) is 3.21. The molecule has 0 radical (unpaired) electrons. The fourth-order valence-electron chi connectivity index (χ4n) is 3.21. The molecule has 132 valence electrons. The van der Waals surface area contributed by atoms with Crippen molar-refractivity contribution in [1.82, 2.24) is 4.98 Å². The van der Waals surface area contributed by atoms with Gasteiger partial charge in [0.2, 0.25) is 0 Å². The van der Waals surface area contributed by atoms with E-state index in [0.29, 0.717) is 30.3 Å². The third kappa shape index (κ3) is 3.12. The van der Waals surface area contributed by atoms with Gasteiger partial charge in [0, 0.05) is 17.6 Å². The van der Waals surface area contributed by atoms with Gasteiger partial charge in [-0.05, 0) is 41.8 Å². The fraction of sp³-hybridized carbons (Fsp3) is 0.182. The Bertz CT molecular complexity index is 1110. The Kier molecular flexibility index (Phi) is 3.77. The van der Waals surface area contributed by atoms with Gasteiger partial charge in [-0.3, -0.25) is 4.98 Å². The Balaban J connectivity index is 1.50. The molecule has 0 saturated carbocycles. The average molecular weight is 356 g/mol. The molecule has 1 atom stereocenters. The lowest BCUT2D eigenvalue weighted by Crippen LogP contribution is -2.05. The van der Waals surface area contributed by atoms with Crippen LogP contribution in [0.3, 0.4) is 0 Å². The van der Waals surface area contributed by atoms with E-state index in [9.17, 15) is 5.26 Å². The number of ether oxygens (including phenoxy) is 3. The van der Waals surface area contributed by atoms with Crippen LogP contribution >= 0.6 is 0 Å². The largest absolute Gasteiger partial charge is 0.489 e. The summed E-state index contributed by atoms with van der Waals surface area (Å²) in [6.45, 7) is 1.15. The standard InChI is InChI=1S/C22H16N2O3/c23-11-16-9-19-20(10-22(16)26-13-18-12-25-18)24-7-6-21(19)27-17-5-4-14-2-1-3-15(14)8-17/h1,3-10,18H,2,12-13H2/t18-/m1/s1. The molecule has 0 N–H and O–H groups in total. The van der Waals surface area contributed by atoms with E-state index in [2.05, 4.69) is 29.3 Å². The molecule has 0 unspecified atom stereocenters. The van der Waals surface area contributed by atoms with Gasteiger partial charge in [0.05, 0.1) is 17.7 Å². The number of nitrogens with zero attached hydrogens (tertiary/aromatic N) is 2. The van der Waals surface area contributed by atoms with Gasteiger partial charge in [-0.1, -0.05) is 18.2 Å². The summed E-state index contributed by atoms with van der Waals surface area (Å²) in [4.78, 5) is 4.41. The highest BCUT2D eigenvalue weighted by molar-refractivity contribution is 5.88. The normalized spacial score (nSPS) is 16.8. The third-order valence-electron chi connectivity index (χ3n) is 4.73. The van der Waals surface area contributed by atoms with Crippen LogP contribution in [-0.2, 0) is 11.2 Å². The smallest absolute Gasteiger partial charge is 0.139 e. The molecule has 0 spiro atoms. The second kappa shape index (κ2) is 6.42. The van der Waals surface area contributed by atoms with Crippen LogP contribution in [-0.4, -0.2) is 24.3 Å². The number of hydrogen-bond donors (Lipinski definition) is 0. The molecular formula is C22H16N2O3. The predicted molar refractivity (Wildman–Crippen MR) is 101 cm³/mol. The van der Waals surface area contributed by atoms with Crippen molar-refractivity contribution in [2.24, 2.45) is 0 Å². The summed E-state index contributed by atoms with van der Waals surface area (Å²) >= 11 is 0. The number of hydrogen-bond acceptors (Lipinski definition) is 5. The Morgan fingerprint density at radius 1 is 1.19 bits per heavy atom. The lowest BCUT2D eigenvalue weighted by atomic mass is 10.1. The Labute approximate surface area is 156 Å². The van der Waals surface area contributed by atoms with Gasteiger partial charge in [-0.15, -0.1) is 0 Å². The zero-order chi connectivity index (χ0) is 18.2. The number of aromatic nitrogens is 1. The van der Waals surface area contributed by atoms with E-state index in [4.69, 9.17) is 14.2 Å². The number of benzene rings is 2. The maximum absolute atomic E-state index is 9.52. The van der Waals surface area contributed by atoms with E-state index in [0.717, 1.165) is 23.1 Å². The molecule has 1 aliphatic heterocycles. The van der Waals surface area contributed by atoms with E-state index in [1.54, 1.807) is 18.3 Å². The summed E-state index contributed by atoms with van der Waals surface area (Å²) in [5, 5.41) is 10.3. The van der Waals surface area contributed by atoms with Crippen LogP contribution < -0.4 is 9.47 Å². The molecule has 27 heavy (non-hydrogen) atoms. The highest BCUT2D eigenvalue weighted by Crippen LogP contribution is 2.34. The number of epoxide rings is 1. The Morgan fingerprint density at radius 3 is 2.96 bits per heavy atom. The molecule has 5 nitrogen and oxygen atoms in total. The average Bonchev–Trinajstić information content (AvgIpc) is 3.41. The van der Waals surface area contributed by atoms with Crippen molar-refractivity contribution in [3.8, 4) is 23.3 Å². The number of nitriles is 1. The lowest BCUT2D eigenvalue weighted by molar-refractivity contribution is 0.262. The van der Waals surface area contributed by atoms with Gasteiger partial charge < -0.3 is 14.2 Å². The molecule has 2 aromatic carbocycles. The number of allylic oxidation sites excluding steroid dienone is 1. The van der Waals surface area contributed by atoms with Crippen molar-refractivity contribution in [3.63, 3.8) is 0 Å². The highest BCUT2D eigenvalue weighted by atomic mass is 16.6. The molecule has 2 heterocycles. The van der Waals surface area contributed by atoms with Crippen molar-refractivity contribution in [1.29, 1.82) is 5.26 Å². The van der Waals surface area contributed by atoms with Crippen LogP contribution in [0.5, 0.6) is 17.2 Å². The predicted octanol–water partition coefficient (Wildman–Crippen LogP) is 4.25. The van der Waals surface area contributed by atoms with Gasteiger partial charge >= 0.3 is 0 Å². The first-order valence-electron chi connectivity index (χ1n) is 8.85. The summed E-state index contributed by atoms with van der Waals surface area (Å²) in [6, 6.07) is 13.7. The SMILES string of the molecule is N#Cc1cc2c(Oc3ccc4c(c3)C=CC4)ccnc2cc1OC[C@H]1CO1. The van der Waals surface area contributed by atoms with Gasteiger partial charge in [-0.2, -0.15) is 5.26 Å². The maximum Gasteiger partial charge on any atom is 0.139 e. The first-order chi connectivity index (χ1) is 13.3. The van der Waals surface area contributed by atoms with E-state index in [-0.39, 0.29) is 6.10 Å². The molecule has 1 saturated heterocycles. The van der Waals surface area contributed by atoms with E-state index >= 15 is 0 Å². The summed E-state index contributed by atoms with van der Waals surface area (Å²) in [5.41, 5.74) is 3.66. The second-order valence-corrected chi connectivity index (χ2v) is 6.62. The molecule has 5 heteroatoms. The van der Waals surface area contributed by atoms with Gasteiger partial charge in [-0.25, -0.2) is 0 Å². The first-order valence-corrected chi connectivity index (χ1v) is 8.85. The number of fused-ring (bicyclic) bond motifs is 2. The van der Waals surface area contributed by atoms with E-state index in [1.807, 2.05) is 18.2 Å². The van der Waals surface area contributed by atoms with Crippen LogP contribution in [0.1, 0.15) is 16.7 Å². The molecule has 5 rings (SSSR count). The van der Waals surface area contributed by atoms with Gasteiger partial charge in [0.25, 0.3) is 0 Å². The zero-order valence-corrected chi connectivity index (χ0v) is 14.5. The van der Waals surface area contributed by atoms with E-state index < -0.39 is 0 Å². The highest BCUT2D eigenvalue weighted by Gasteiger charge is 2.24. The first kappa shape index (κ1) is 15.9. The minimum absolute atomic E-state index is 0.128. The molecule has 0 bridgehead atoms. The quantitative estimate of drug-likeness (QED) is 0.640. The Hall–Kier alpha value is -3.36. The molecule has 3 aromatic rings. The minimum Gasteiger partial charge on any atom is -0.489 e.